The molecule has 0 spiro atoms. The second-order valence-electron chi connectivity index (χ2n) is 22.5. The van der Waals surface area contributed by atoms with Gasteiger partial charge in [-0.05, 0) is 6.92 Å². The molecule has 7 rings (SSSR count). The number of aliphatic hydroxyl groups is 22. The maximum atomic E-state index is 13.7. The van der Waals surface area contributed by atoms with Crippen molar-refractivity contribution in [3.63, 3.8) is 0 Å². The van der Waals surface area contributed by atoms with Crippen LogP contribution in [0.15, 0.2) is 0 Å². The molecule has 7 aliphatic rings. The van der Waals surface area contributed by atoms with Crippen LogP contribution in [0, 0.1) is 0 Å². The van der Waals surface area contributed by atoms with E-state index < -0.39 is 291 Å². The third kappa shape index (κ3) is 15.6. The van der Waals surface area contributed by atoms with Crippen molar-refractivity contribution in [2.75, 3.05) is 46.2 Å². The van der Waals surface area contributed by atoms with E-state index >= 15 is 0 Å². The lowest BCUT2D eigenvalue weighted by Crippen LogP contribution is -2.72. The number of carboxylic acid groups (broad SMARTS) is 1. The van der Waals surface area contributed by atoms with E-state index in [1.807, 2.05) is 0 Å². The minimum absolute atomic E-state index is 0.876. The summed E-state index contributed by atoms with van der Waals surface area (Å²) < 4.78 is 76.4. The van der Waals surface area contributed by atoms with Gasteiger partial charge in [-0.3, -0.25) is 9.59 Å². The first-order valence-corrected chi connectivity index (χ1v) is 28.3. The van der Waals surface area contributed by atoms with Crippen LogP contribution >= 0.6 is 0 Å². The number of hydrogen-bond acceptors (Lipinski definition) is 38. The van der Waals surface area contributed by atoms with Gasteiger partial charge in [-0.15, -0.1) is 0 Å². The van der Waals surface area contributed by atoms with Crippen molar-refractivity contribution in [2.45, 2.75) is 241 Å². The van der Waals surface area contributed by atoms with Crippen LogP contribution in [0.5, 0.6) is 0 Å². The largest absolute Gasteiger partial charge is 0.477 e. The molecule has 0 aromatic carbocycles. The van der Waals surface area contributed by atoms with E-state index in [9.17, 15) is 132 Å². The monoisotopic (exact) mass is 1320 g/mol. The number of carbonyl (C=O) groups is 3. The zero-order valence-corrected chi connectivity index (χ0v) is 47.7. The average Bonchev–Trinajstić information content (AvgIpc) is 1.30. The fraction of sp³-hybridized carbons (Fsp3) is 0.939. The Balaban J connectivity index is 1.32. The molecule has 0 aliphatic carbocycles. The van der Waals surface area contributed by atoms with E-state index in [0.717, 1.165) is 6.92 Å². The first kappa shape index (κ1) is 74.4. The minimum atomic E-state index is -3.51. The van der Waals surface area contributed by atoms with Gasteiger partial charge >= 0.3 is 5.97 Å². The Bertz CT molecular complexity index is 2290. The molecule has 7 aliphatic heterocycles. The second-order valence-corrected chi connectivity index (χ2v) is 22.5. The van der Waals surface area contributed by atoms with Crippen molar-refractivity contribution < 1.29 is 193 Å². The van der Waals surface area contributed by atoms with Crippen LogP contribution in [0.25, 0.3) is 0 Å². The van der Waals surface area contributed by atoms with Gasteiger partial charge in [0.2, 0.25) is 11.8 Å². The van der Waals surface area contributed by atoms with E-state index in [1.165, 1.54) is 6.92 Å². The van der Waals surface area contributed by atoms with Crippen LogP contribution in [0.1, 0.15) is 20.3 Å². The first-order chi connectivity index (χ1) is 42.5. The first-order valence-electron chi connectivity index (χ1n) is 28.3. The summed E-state index contributed by atoms with van der Waals surface area (Å²) in [4.78, 5) is 39.5. The van der Waals surface area contributed by atoms with Crippen LogP contribution in [-0.4, -0.2) is 402 Å². The molecule has 7 fully saturated rings. The SMILES string of the molecule is CC(=O)N[C@H]1[C@H](O[C@@H]2[C@H](O[C@]3(C(=O)O)C[C@H](O)[C@@H](NC(=O)CO)[C@H]([C@H](O)[C@H](O)CO)O3)[C@@H](O)[C@H](O[C@H]3[C@H](O)[C@@H](O)[C@H](O)O[C@@H]3CO)O[C@@H]2CO)O[C@H](CO)[C@H](O)[C@@H]1O[C@@H]1O[C@H](CO)[C@H](O)[C@H](O[C@H]2O[C@H](CO)[C@H](O)[C@H](O)[C@H]2O)[C@H]1O[C@@H]1O[C@@H](C)[C@@H](O)[C@@H](O)[C@@H]1O. The number of carboxylic acids is 1. The summed E-state index contributed by atoms with van der Waals surface area (Å²) in [5.74, 6) is -8.09. The highest BCUT2D eigenvalue weighted by Gasteiger charge is 2.63. The standard InChI is InChI=1S/C49H82N2O39/c1-11-23(63)28(68)32(72)44(78-11)88-41-39(87-45-33(73)29(69)25(65)15(5-53)81-45)27(67)17(7-55)82-47(41)86-37-22(50-12(2)59)43(80-16(6-54)26(37)66)85-36-19(9-57)83-46(84-35-18(8-56)79-42(75)31(71)30(35)70)34(74)40(36)90-49(48(76)77)3-13(60)21(51-20(62)10-58)38(89-49)24(64)14(61)4-52/h11,13-19,21-47,52-58,60-61,63-75H,3-10H2,1-2H3,(H,50,59)(H,51,62)(H,76,77)/t11-,13-,14+,15+,16+,17+,18+,19+,21+,22+,23+,24+,25-,26-,27-,28+,29-,30+,31+,32-,33+,34+,35+,36-,37+,38+,39-,40+,41+,42+,43-,44-,45+,46-,47-,49-/m0/s1. The number of amides is 2. The minimum Gasteiger partial charge on any atom is -0.477 e. The van der Waals surface area contributed by atoms with Gasteiger partial charge in [-0.25, -0.2) is 4.79 Å². The Morgan fingerprint density at radius 1 is 0.478 bits per heavy atom. The van der Waals surface area contributed by atoms with Gasteiger partial charge in [0, 0.05) is 13.3 Å². The van der Waals surface area contributed by atoms with Crippen molar-refractivity contribution in [1.29, 1.82) is 0 Å². The Labute approximate surface area is 508 Å². The molecule has 7 heterocycles. The molecule has 7 saturated heterocycles. The van der Waals surface area contributed by atoms with Gasteiger partial charge in [-0.2, -0.15) is 0 Å². The number of aliphatic hydroxyl groups excluding tert-OH is 22. The van der Waals surface area contributed by atoms with Crippen molar-refractivity contribution >= 4 is 17.8 Å². The number of aliphatic carboxylic acids is 1. The summed E-state index contributed by atoms with van der Waals surface area (Å²) in [6, 6.07) is -4.09. The molecule has 0 aromatic heterocycles. The number of nitrogens with one attached hydrogen (secondary N) is 2. The molecule has 2 amide bonds. The van der Waals surface area contributed by atoms with Gasteiger partial charge in [0.15, 0.2) is 37.7 Å². The van der Waals surface area contributed by atoms with Gasteiger partial charge in [0.1, 0.15) is 165 Å². The zero-order valence-electron chi connectivity index (χ0n) is 47.7. The summed E-state index contributed by atoms with van der Waals surface area (Å²) in [7, 11) is 0. The second kappa shape index (κ2) is 31.7. The third-order valence-corrected chi connectivity index (χ3v) is 16.4. The number of rotatable bonds is 24. The fourth-order valence-corrected chi connectivity index (χ4v) is 11.4. The number of carbonyl (C=O) groups excluding carboxylic acids is 2. The lowest BCUT2D eigenvalue weighted by molar-refractivity contribution is -0.410. The number of ether oxygens (including phenoxy) is 13. The van der Waals surface area contributed by atoms with Crippen LogP contribution in [0.3, 0.4) is 0 Å². The van der Waals surface area contributed by atoms with Gasteiger partial charge in [0.05, 0.1) is 57.9 Å². The summed E-state index contributed by atoms with van der Waals surface area (Å²) in [6.45, 7) is -6.31. The quantitative estimate of drug-likeness (QED) is 0.0427. The van der Waals surface area contributed by atoms with Gasteiger partial charge < -0.3 is 190 Å². The van der Waals surface area contributed by atoms with Crippen molar-refractivity contribution in [2.24, 2.45) is 0 Å². The summed E-state index contributed by atoms with van der Waals surface area (Å²) in [5, 5.41) is 254. The van der Waals surface area contributed by atoms with E-state index in [1.54, 1.807) is 0 Å². The van der Waals surface area contributed by atoms with E-state index in [4.69, 9.17) is 61.6 Å². The smallest absolute Gasteiger partial charge is 0.364 e. The van der Waals surface area contributed by atoms with Crippen LogP contribution in [-0.2, 0) is 76.0 Å². The highest BCUT2D eigenvalue weighted by atomic mass is 16.8. The summed E-state index contributed by atoms with van der Waals surface area (Å²) >= 11 is 0. The predicted octanol–water partition coefficient (Wildman–Crippen LogP) is -16.8. The Morgan fingerprint density at radius 2 is 0.956 bits per heavy atom. The maximum absolute atomic E-state index is 13.7. The Morgan fingerprint density at radius 3 is 1.52 bits per heavy atom. The molecule has 0 radical (unpaired) electrons. The average molecular weight is 1320 g/mol. The van der Waals surface area contributed by atoms with Gasteiger partial charge in [0.25, 0.3) is 5.79 Å². The molecule has 0 saturated carbocycles. The van der Waals surface area contributed by atoms with Crippen molar-refractivity contribution in [1.82, 2.24) is 10.6 Å². The molecule has 36 atom stereocenters. The van der Waals surface area contributed by atoms with E-state index in [0.29, 0.717) is 0 Å². The molecular weight excluding hydrogens is 1240 g/mol. The highest BCUT2D eigenvalue weighted by molar-refractivity contribution is 5.78. The van der Waals surface area contributed by atoms with Gasteiger partial charge in [-0.1, -0.05) is 0 Å². The van der Waals surface area contributed by atoms with E-state index in [2.05, 4.69) is 10.6 Å². The fourth-order valence-electron chi connectivity index (χ4n) is 11.4. The van der Waals surface area contributed by atoms with Crippen LogP contribution in [0.4, 0.5) is 0 Å². The lowest BCUT2D eigenvalue weighted by Gasteiger charge is -2.53. The van der Waals surface area contributed by atoms with E-state index in [-0.39, 0.29) is 0 Å². The molecule has 0 bridgehead atoms. The third-order valence-electron chi connectivity index (χ3n) is 16.4. The Kier molecular flexibility index (Phi) is 26.2. The maximum Gasteiger partial charge on any atom is 0.364 e. The van der Waals surface area contributed by atoms with Crippen LogP contribution in [0.2, 0.25) is 0 Å². The normalized spacial score (nSPS) is 48.5. The molecule has 41 heteroatoms. The topological polar surface area (TPSA) is 661 Å². The molecule has 90 heavy (non-hydrogen) atoms. The Hall–Kier alpha value is -2.99. The van der Waals surface area contributed by atoms with Crippen molar-refractivity contribution in [3.8, 4) is 0 Å². The highest BCUT2D eigenvalue weighted by Crippen LogP contribution is 2.42. The summed E-state index contributed by atoms with van der Waals surface area (Å²) in [5.41, 5.74) is 0. The summed E-state index contributed by atoms with van der Waals surface area (Å²) in [6.07, 6.45) is -72.6. The molecule has 25 N–H and O–H groups in total. The predicted molar refractivity (Wildman–Crippen MR) is 272 cm³/mol. The molecular formula is C49H82N2O39. The molecule has 0 aromatic rings. The number of hydrogen-bond donors (Lipinski definition) is 25. The molecule has 41 nitrogen and oxygen atoms in total. The van der Waals surface area contributed by atoms with Crippen molar-refractivity contribution in [3.05, 3.63) is 0 Å². The lowest BCUT2D eigenvalue weighted by atomic mass is 9.88. The zero-order chi connectivity index (χ0) is 66.7. The molecule has 0 unspecified atom stereocenters. The van der Waals surface area contributed by atoms with Crippen LogP contribution < -0.4 is 10.6 Å². The molecule has 522 valence electrons.